The van der Waals surface area contributed by atoms with Gasteiger partial charge in [-0.2, -0.15) is 0 Å². The molecule has 0 aliphatic carbocycles. The number of nitrogens with zero attached hydrogens (tertiary/aromatic N) is 2. The van der Waals surface area contributed by atoms with Crippen LogP contribution in [-0.2, 0) is 6.54 Å². The number of nitro groups is 1. The highest BCUT2D eigenvalue weighted by molar-refractivity contribution is 5.79. The fourth-order valence-electron chi connectivity index (χ4n) is 1.72. The van der Waals surface area contributed by atoms with Crippen LogP contribution in [0.4, 0.5) is 5.69 Å². The molecule has 20 heavy (non-hydrogen) atoms. The lowest BCUT2D eigenvalue weighted by Gasteiger charge is -2.12. The van der Waals surface area contributed by atoms with Crippen molar-refractivity contribution in [2.45, 2.75) is 26.8 Å². The Kier molecular flexibility index (Phi) is 6.49. The number of benzene rings is 1. The molecule has 110 valence electrons. The zero-order valence-electron chi connectivity index (χ0n) is 12.2. The lowest BCUT2D eigenvalue weighted by atomic mass is 10.1. The molecule has 0 radical (unpaired) electrons. The van der Waals surface area contributed by atoms with E-state index >= 15 is 0 Å². The predicted molar refractivity (Wildman–Crippen MR) is 80.8 cm³/mol. The maximum Gasteiger partial charge on any atom is 0.274 e. The first-order chi connectivity index (χ1) is 9.54. The van der Waals surface area contributed by atoms with E-state index in [0.717, 1.165) is 13.0 Å². The fourth-order valence-corrected chi connectivity index (χ4v) is 1.72. The van der Waals surface area contributed by atoms with E-state index in [-0.39, 0.29) is 10.6 Å². The number of nitrogens with one attached hydrogen (secondary N) is 2. The van der Waals surface area contributed by atoms with Crippen molar-refractivity contribution in [2.75, 3.05) is 13.6 Å². The molecule has 2 N–H and O–H groups in total. The summed E-state index contributed by atoms with van der Waals surface area (Å²) in [4.78, 5) is 14.6. The summed E-state index contributed by atoms with van der Waals surface area (Å²) in [5.41, 5.74) is 0.766. The fraction of sp³-hybridized carbons (Fsp3) is 0.500. The highest BCUT2D eigenvalue weighted by Gasteiger charge is 2.12. The second-order valence-electron chi connectivity index (χ2n) is 4.92. The van der Waals surface area contributed by atoms with Gasteiger partial charge in [0.15, 0.2) is 5.96 Å². The van der Waals surface area contributed by atoms with Crippen molar-refractivity contribution in [1.29, 1.82) is 0 Å². The first kappa shape index (κ1) is 15.9. The molecule has 0 bridgehead atoms. The maximum absolute atomic E-state index is 10.9. The van der Waals surface area contributed by atoms with E-state index in [2.05, 4.69) is 29.5 Å². The second-order valence-corrected chi connectivity index (χ2v) is 4.92. The summed E-state index contributed by atoms with van der Waals surface area (Å²) in [7, 11) is 1.68. The van der Waals surface area contributed by atoms with Gasteiger partial charge in [-0.15, -0.1) is 0 Å². The average molecular weight is 278 g/mol. The minimum absolute atomic E-state index is 0.123. The number of rotatable bonds is 6. The summed E-state index contributed by atoms with van der Waals surface area (Å²) in [6, 6.07) is 6.70. The number of guanidine groups is 1. The summed E-state index contributed by atoms with van der Waals surface area (Å²) >= 11 is 0. The molecule has 0 spiro atoms. The molecule has 1 rings (SSSR count). The summed E-state index contributed by atoms with van der Waals surface area (Å²) < 4.78 is 0. The van der Waals surface area contributed by atoms with E-state index in [0.29, 0.717) is 24.0 Å². The van der Waals surface area contributed by atoms with Crippen LogP contribution in [0.2, 0.25) is 0 Å². The Bertz CT molecular complexity index is 472. The average Bonchev–Trinajstić information content (AvgIpc) is 2.42. The van der Waals surface area contributed by atoms with Gasteiger partial charge in [-0.1, -0.05) is 32.0 Å². The molecule has 6 nitrogen and oxygen atoms in total. The van der Waals surface area contributed by atoms with Crippen molar-refractivity contribution in [3.63, 3.8) is 0 Å². The zero-order valence-corrected chi connectivity index (χ0v) is 12.2. The first-order valence-corrected chi connectivity index (χ1v) is 6.71. The highest BCUT2D eigenvalue weighted by atomic mass is 16.6. The first-order valence-electron chi connectivity index (χ1n) is 6.71. The summed E-state index contributed by atoms with van der Waals surface area (Å²) in [6.07, 6.45) is 1.05. The molecule has 0 saturated carbocycles. The molecule has 0 aliphatic rings. The Morgan fingerprint density at radius 2 is 2.05 bits per heavy atom. The summed E-state index contributed by atoms with van der Waals surface area (Å²) in [5, 5.41) is 17.2. The lowest BCUT2D eigenvalue weighted by Crippen LogP contribution is -2.37. The van der Waals surface area contributed by atoms with Crippen LogP contribution in [0.15, 0.2) is 29.3 Å². The normalized spacial score (nSPS) is 11.5. The van der Waals surface area contributed by atoms with Gasteiger partial charge in [-0.25, -0.2) is 0 Å². The summed E-state index contributed by atoms with van der Waals surface area (Å²) in [5.74, 6) is 1.28. The predicted octanol–water partition coefficient (Wildman–Crippen LogP) is 2.31. The molecule has 0 fully saturated rings. The topological polar surface area (TPSA) is 79.6 Å². The molecule has 1 aromatic rings. The van der Waals surface area contributed by atoms with Gasteiger partial charge in [0.1, 0.15) is 0 Å². The van der Waals surface area contributed by atoms with Crippen molar-refractivity contribution in [1.82, 2.24) is 10.6 Å². The van der Waals surface area contributed by atoms with E-state index in [1.807, 2.05) is 0 Å². The van der Waals surface area contributed by atoms with E-state index in [1.54, 1.807) is 25.2 Å². The number of hydrogen-bond acceptors (Lipinski definition) is 3. The third kappa shape index (κ3) is 5.26. The largest absolute Gasteiger partial charge is 0.356 e. The smallest absolute Gasteiger partial charge is 0.274 e. The van der Waals surface area contributed by atoms with E-state index in [4.69, 9.17) is 0 Å². The van der Waals surface area contributed by atoms with E-state index in [1.165, 1.54) is 6.07 Å². The molecule has 0 heterocycles. The third-order valence-electron chi connectivity index (χ3n) is 2.87. The van der Waals surface area contributed by atoms with Crippen molar-refractivity contribution in [3.8, 4) is 0 Å². The monoisotopic (exact) mass is 278 g/mol. The molecule has 1 aromatic carbocycles. The lowest BCUT2D eigenvalue weighted by molar-refractivity contribution is -0.385. The van der Waals surface area contributed by atoms with Gasteiger partial charge < -0.3 is 10.6 Å². The van der Waals surface area contributed by atoms with Gasteiger partial charge in [0.25, 0.3) is 5.69 Å². The van der Waals surface area contributed by atoms with Crippen LogP contribution in [0.1, 0.15) is 25.8 Å². The molecule has 0 saturated heterocycles. The van der Waals surface area contributed by atoms with Gasteiger partial charge in [-0.05, 0) is 12.3 Å². The number of nitro benzene ring substituents is 1. The van der Waals surface area contributed by atoms with Gasteiger partial charge >= 0.3 is 0 Å². The van der Waals surface area contributed by atoms with Crippen LogP contribution >= 0.6 is 0 Å². The Hall–Kier alpha value is -2.11. The van der Waals surface area contributed by atoms with Crippen LogP contribution in [0.5, 0.6) is 0 Å². The molecule has 0 atom stereocenters. The molecular weight excluding hydrogens is 256 g/mol. The van der Waals surface area contributed by atoms with E-state index in [9.17, 15) is 10.1 Å². The van der Waals surface area contributed by atoms with Crippen LogP contribution in [0, 0.1) is 16.0 Å². The highest BCUT2D eigenvalue weighted by Crippen LogP contribution is 2.16. The van der Waals surface area contributed by atoms with Crippen molar-refractivity contribution in [2.24, 2.45) is 10.9 Å². The Morgan fingerprint density at radius 3 is 2.65 bits per heavy atom. The third-order valence-corrected chi connectivity index (χ3v) is 2.87. The Balaban J connectivity index is 2.55. The molecule has 0 unspecified atom stereocenters. The standard InChI is InChI=1S/C14H22N4O2/c1-11(2)8-9-16-14(15-3)17-10-12-6-4-5-7-13(12)18(19)20/h4-7,11H,8-10H2,1-3H3,(H2,15,16,17). The SMILES string of the molecule is CN=C(NCCC(C)C)NCc1ccccc1[N+](=O)[O-]. The van der Waals surface area contributed by atoms with Gasteiger partial charge in [0, 0.05) is 31.8 Å². The minimum atomic E-state index is -0.369. The van der Waals surface area contributed by atoms with Crippen LogP contribution in [-0.4, -0.2) is 24.5 Å². The van der Waals surface area contributed by atoms with E-state index < -0.39 is 0 Å². The molecular formula is C14H22N4O2. The second kappa shape index (κ2) is 8.14. The van der Waals surface area contributed by atoms with Gasteiger partial charge in [-0.3, -0.25) is 15.1 Å². The van der Waals surface area contributed by atoms with Crippen molar-refractivity contribution >= 4 is 11.6 Å². The summed E-state index contributed by atoms with van der Waals surface area (Å²) in [6.45, 7) is 5.52. The van der Waals surface area contributed by atoms with Crippen molar-refractivity contribution < 1.29 is 4.92 Å². The van der Waals surface area contributed by atoms with Gasteiger partial charge in [0.2, 0.25) is 0 Å². The van der Waals surface area contributed by atoms with Crippen LogP contribution in [0.3, 0.4) is 0 Å². The maximum atomic E-state index is 10.9. The quantitative estimate of drug-likeness (QED) is 0.362. The number of aliphatic imine (C=N–C) groups is 1. The Morgan fingerprint density at radius 1 is 1.35 bits per heavy atom. The molecule has 0 aliphatic heterocycles. The molecule has 6 heteroatoms. The van der Waals surface area contributed by atoms with Gasteiger partial charge in [0.05, 0.1) is 4.92 Å². The minimum Gasteiger partial charge on any atom is -0.356 e. The number of para-hydroxylation sites is 1. The van der Waals surface area contributed by atoms with Crippen LogP contribution < -0.4 is 10.6 Å². The van der Waals surface area contributed by atoms with Crippen LogP contribution in [0.25, 0.3) is 0 Å². The van der Waals surface area contributed by atoms with Crippen molar-refractivity contribution in [3.05, 3.63) is 39.9 Å². The number of hydrogen-bond donors (Lipinski definition) is 2. The molecule has 0 amide bonds. The Labute approximate surface area is 119 Å². The zero-order chi connectivity index (χ0) is 15.0. The molecule has 0 aromatic heterocycles.